The van der Waals surface area contributed by atoms with Gasteiger partial charge in [0.15, 0.2) is 5.92 Å². The molecule has 3 amide bonds. The number of fused-ring (bicyclic) bond motifs is 1. The van der Waals surface area contributed by atoms with Gasteiger partial charge in [-0.2, -0.15) is 0 Å². The first-order valence-electron chi connectivity index (χ1n) is 10.9. The van der Waals surface area contributed by atoms with Crippen LogP contribution in [-0.2, 0) is 30.5 Å². The van der Waals surface area contributed by atoms with Crippen molar-refractivity contribution in [2.75, 3.05) is 18.6 Å². The summed E-state index contributed by atoms with van der Waals surface area (Å²) >= 11 is 2.30. The summed E-state index contributed by atoms with van der Waals surface area (Å²) in [5.74, 6) is -5.74. The lowest BCUT2D eigenvalue weighted by molar-refractivity contribution is -0.152. The van der Waals surface area contributed by atoms with E-state index in [1.165, 1.54) is 47.8 Å². The molecular weight excluding hydrogens is 542 g/mol. The molecular formula is C21H21N7O8S2. The van der Waals surface area contributed by atoms with Crippen LogP contribution in [0, 0.1) is 0 Å². The Labute approximate surface area is 222 Å². The molecule has 38 heavy (non-hydrogen) atoms. The Morgan fingerprint density at radius 1 is 1.26 bits per heavy atom. The van der Waals surface area contributed by atoms with Crippen LogP contribution in [-0.4, -0.2) is 95.0 Å². The molecule has 0 radical (unpaired) electrons. The number of tetrazole rings is 1. The number of carbonyl (C=O) groups is 5. The lowest BCUT2D eigenvalue weighted by Crippen LogP contribution is -2.71. The fourth-order valence-corrected chi connectivity index (χ4v) is 6.29. The lowest BCUT2D eigenvalue weighted by Gasteiger charge is -2.49. The minimum Gasteiger partial charge on any atom is -0.497 e. The van der Waals surface area contributed by atoms with Gasteiger partial charge < -0.3 is 26.0 Å². The van der Waals surface area contributed by atoms with Crippen LogP contribution in [0.3, 0.4) is 0 Å². The maximum absolute atomic E-state index is 13.0. The van der Waals surface area contributed by atoms with Crippen molar-refractivity contribution in [3.05, 3.63) is 41.1 Å². The summed E-state index contributed by atoms with van der Waals surface area (Å²) in [6, 6.07) is 4.81. The van der Waals surface area contributed by atoms with Crippen LogP contribution in [0.15, 0.2) is 40.7 Å². The van der Waals surface area contributed by atoms with Gasteiger partial charge in [0, 0.05) is 11.5 Å². The van der Waals surface area contributed by atoms with Crippen molar-refractivity contribution in [1.82, 2.24) is 30.4 Å². The molecule has 4 rings (SSSR count). The van der Waals surface area contributed by atoms with Crippen LogP contribution in [0.5, 0.6) is 5.75 Å². The zero-order chi connectivity index (χ0) is 27.6. The summed E-state index contributed by atoms with van der Waals surface area (Å²) in [4.78, 5) is 62.1. The van der Waals surface area contributed by atoms with Gasteiger partial charge in [0.2, 0.25) is 17.0 Å². The number of primary amides is 1. The Kier molecular flexibility index (Phi) is 7.86. The highest BCUT2D eigenvalue weighted by atomic mass is 32.2. The number of aromatic nitrogens is 4. The quantitative estimate of drug-likeness (QED) is 0.145. The molecule has 3 heterocycles. The number of benzene rings is 1. The number of nitrogens with zero attached hydrogens (tertiary/aromatic N) is 5. The third-order valence-corrected chi connectivity index (χ3v) is 8.07. The lowest BCUT2D eigenvalue weighted by atomic mass is 9.96. The predicted octanol–water partition coefficient (Wildman–Crippen LogP) is -1.13. The number of hydrogen-bond donors (Lipinski definition) is 4. The first-order chi connectivity index (χ1) is 18.1. The standard InChI is InChI=1S/C21H21N7O8S2/c1-36-11-4-2-9(3-5-11)13(19(32)33)16(30)23-14-17(31)28-15(20(34)35)10(7-37-18(14)28)8-38-21-24-25-26-27(21)6-12(22)29/h2-5,13-14,18H,6-8H2,1H3,(H2,22,29)(H,23,30)(H,32,33)(H,34,35)/t13?,14?,18-/m1/s1. The molecule has 0 aliphatic carbocycles. The second kappa shape index (κ2) is 11.1. The van der Waals surface area contributed by atoms with Gasteiger partial charge in [0.05, 0.1) is 7.11 Å². The summed E-state index contributed by atoms with van der Waals surface area (Å²) in [6.07, 6.45) is 0. The van der Waals surface area contributed by atoms with Crippen molar-refractivity contribution >= 4 is 53.2 Å². The highest BCUT2D eigenvalue weighted by Crippen LogP contribution is 2.41. The number of ether oxygens (including phenoxy) is 1. The van der Waals surface area contributed by atoms with Crippen LogP contribution in [0.2, 0.25) is 0 Å². The van der Waals surface area contributed by atoms with E-state index in [0.29, 0.717) is 11.3 Å². The molecule has 2 unspecified atom stereocenters. The summed E-state index contributed by atoms with van der Waals surface area (Å²) in [5.41, 5.74) is 5.55. The second-order valence-electron chi connectivity index (χ2n) is 8.07. The first kappa shape index (κ1) is 26.9. The molecule has 1 fully saturated rings. The van der Waals surface area contributed by atoms with Crippen LogP contribution in [0.4, 0.5) is 0 Å². The number of carbonyl (C=O) groups excluding carboxylic acids is 3. The van der Waals surface area contributed by atoms with E-state index in [4.69, 9.17) is 10.5 Å². The average Bonchev–Trinajstić information content (AvgIpc) is 3.31. The Morgan fingerprint density at radius 2 is 1.97 bits per heavy atom. The predicted molar refractivity (Wildman–Crippen MR) is 131 cm³/mol. The topological polar surface area (TPSA) is 220 Å². The molecule has 0 bridgehead atoms. The number of thioether (sulfide) groups is 2. The van der Waals surface area contributed by atoms with Crippen LogP contribution >= 0.6 is 23.5 Å². The second-order valence-corrected chi connectivity index (χ2v) is 10.1. The van der Waals surface area contributed by atoms with Gasteiger partial charge in [-0.1, -0.05) is 23.9 Å². The molecule has 15 nitrogen and oxygen atoms in total. The molecule has 0 spiro atoms. The van der Waals surface area contributed by atoms with E-state index < -0.39 is 47.0 Å². The molecule has 0 saturated carbocycles. The Bertz CT molecular complexity index is 1330. The molecule has 5 N–H and O–H groups in total. The van der Waals surface area contributed by atoms with Gasteiger partial charge in [0.1, 0.15) is 29.4 Å². The van der Waals surface area contributed by atoms with E-state index in [2.05, 4.69) is 20.8 Å². The summed E-state index contributed by atoms with van der Waals surface area (Å²) in [6.45, 7) is -0.253. The largest absolute Gasteiger partial charge is 0.497 e. The van der Waals surface area contributed by atoms with Gasteiger partial charge >= 0.3 is 11.9 Å². The first-order valence-corrected chi connectivity index (χ1v) is 12.9. The van der Waals surface area contributed by atoms with Gasteiger partial charge in [-0.15, -0.1) is 16.9 Å². The van der Waals surface area contributed by atoms with Gasteiger partial charge in [-0.3, -0.25) is 24.1 Å². The minimum absolute atomic E-state index is 0.111. The van der Waals surface area contributed by atoms with E-state index in [0.717, 1.165) is 16.7 Å². The van der Waals surface area contributed by atoms with Crippen molar-refractivity contribution in [3.8, 4) is 5.75 Å². The number of β-lactam (4-membered cyclic amide) rings is 1. The van der Waals surface area contributed by atoms with Crippen molar-refractivity contribution < 1.29 is 38.9 Å². The zero-order valence-corrected chi connectivity index (χ0v) is 21.3. The smallest absolute Gasteiger partial charge is 0.352 e. The molecule has 2 aliphatic heterocycles. The van der Waals surface area contributed by atoms with E-state index in [9.17, 15) is 34.2 Å². The Hall–Kier alpha value is -4.12. The SMILES string of the molecule is COc1ccc(C(C(=O)O)C(=O)NC2C(=O)N3C(C(=O)O)=C(CSc4nnnn4CC(N)=O)CS[C@H]23)cc1. The Balaban J connectivity index is 1.48. The van der Waals surface area contributed by atoms with Gasteiger partial charge in [-0.05, 0) is 33.7 Å². The number of carboxylic acids is 2. The number of rotatable bonds is 11. The van der Waals surface area contributed by atoms with Crippen molar-refractivity contribution in [2.45, 2.75) is 29.0 Å². The molecule has 1 aromatic heterocycles. The summed E-state index contributed by atoms with van der Waals surface area (Å²) in [7, 11) is 1.45. The number of amides is 3. The highest BCUT2D eigenvalue weighted by molar-refractivity contribution is 8.01. The molecule has 200 valence electrons. The van der Waals surface area contributed by atoms with E-state index in [1.807, 2.05) is 0 Å². The average molecular weight is 564 g/mol. The van der Waals surface area contributed by atoms with E-state index in [1.54, 1.807) is 0 Å². The Morgan fingerprint density at radius 3 is 2.58 bits per heavy atom. The van der Waals surface area contributed by atoms with Gasteiger partial charge in [-0.25, -0.2) is 9.48 Å². The molecule has 3 atom stereocenters. The normalized spacial score (nSPS) is 19.3. The maximum Gasteiger partial charge on any atom is 0.352 e. The fraction of sp³-hybridized carbons (Fsp3) is 0.333. The van der Waals surface area contributed by atoms with Crippen LogP contribution in [0.25, 0.3) is 0 Å². The number of hydrogen-bond acceptors (Lipinski definition) is 11. The molecule has 2 aromatic rings. The van der Waals surface area contributed by atoms with Gasteiger partial charge in [0.25, 0.3) is 5.91 Å². The summed E-state index contributed by atoms with van der Waals surface area (Å²) < 4.78 is 6.22. The zero-order valence-electron chi connectivity index (χ0n) is 19.6. The number of carboxylic acid groups (broad SMARTS) is 2. The number of nitrogens with two attached hydrogens (primary N) is 1. The van der Waals surface area contributed by atoms with Crippen molar-refractivity contribution in [1.29, 1.82) is 0 Å². The third kappa shape index (κ3) is 5.28. The number of aliphatic carboxylic acids is 2. The third-order valence-electron chi connectivity index (χ3n) is 5.69. The number of nitrogens with one attached hydrogen (secondary N) is 1. The highest BCUT2D eigenvalue weighted by Gasteiger charge is 2.54. The van der Waals surface area contributed by atoms with Crippen molar-refractivity contribution in [3.63, 3.8) is 0 Å². The summed E-state index contributed by atoms with van der Waals surface area (Å²) in [5, 5.41) is 32.4. The van der Waals surface area contributed by atoms with Crippen molar-refractivity contribution in [2.24, 2.45) is 5.73 Å². The number of methoxy groups -OCH3 is 1. The molecule has 1 aromatic carbocycles. The van der Waals surface area contributed by atoms with Crippen LogP contribution < -0.4 is 15.8 Å². The molecule has 1 saturated heterocycles. The minimum atomic E-state index is -1.58. The monoisotopic (exact) mass is 563 g/mol. The molecule has 2 aliphatic rings. The van der Waals surface area contributed by atoms with Crippen LogP contribution in [0.1, 0.15) is 11.5 Å². The maximum atomic E-state index is 13.0. The van der Waals surface area contributed by atoms with E-state index in [-0.39, 0.29) is 34.5 Å². The van der Waals surface area contributed by atoms with E-state index >= 15 is 0 Å². The molecule has 17 heteroatoms. The fourth-order valence-electron chi connectivity index (χ4n) is 3.93.